The number of nitrogens with zero attached hydrogens (tertiary/aromatic N) is 1. The zero-order valence-electron chi connectivity index (χ0n) is 26.8. The molecule has 7 aromatic carbocycles. The van der Waals surface area contributed by atoms with Crippen LogP contribution in [0.3, 0.4) is 0 Å². The Bertz CT molecular complexity index is 2150. The lowest BCUT2D eigenvalue weighted by molar-refractivity contribution is 0.601. The van der Waals surface area contributed by atoms with Crippen molar-refractivity contribution in [2.24, 2.45) is 0 Å². The van der Waals surface area contributed by atoms with E-state index in [1.165, 1.54) is 16.3 Å². The maximum Gasteiger partial charge on any atom is 0.0630 e. The van der Waals surface area contributed by atoms with Gasteiger partial charge in [0.05, 0.1) is 2.74 Å². The Hall–Kier alpha value is -5.14. The summed E-state index contributed by atoms with van der Waals surface area (Å²) in [7, 11) is 0. The van der Waals surface area contributed by atoms with E-state index in [-0.39, 0.29) is 17.5 Å². The maximum absolute atomic E-state index is 9.41. The summed E-state index contributed by atoms with van der Waals surface area (Å²) in [5.41, 5.74) is 5.82. The van der Waals surface area contributed by atoms with Crippen molar-refractivity contribution in [3.63, 3.8) is 0 Å². The molecule has 0 aliphatic heterocycles. The van der Waals surface area contributed by atoms with Crippen LogP contribution in [-0.2, 0) is 5.41 Å². The summed E-state index contributed by atoms with van der Waals surface area (Å²) in [6.07, 6.45) is 0. The van der Waals surface area contributed by atoms with Crippen LogP contribution in [0.5, 0.6) is 0 Å². The molecule has 7 rings (SSSR count). The molecular weight excluding hydrogens is 518 g/mol. The van der Waals surface area contributed by atoms with Crippen molar-refractivity contribution in [3.05, 3.63) is 162 Å². The Morgan fingerprint density at radius 3 is 1.63 bits per heavy atom. The monoisotopic (exact) mass is 555 g/mol. The second-order valence-corrected chi connectivity index (χ2v) is 12.1. The van der Waals surface area contributed by atoms with Crippen LogP contribution in [0, 0.1) is 0 Å². The SMILES string of the molecule is [2H]/C(=C(/[2H])c1c2ccccc2c(C(C)(C)C)c2ccccc12)c1ccc(N(c2ccccc2)c2ccc3ccccc3c2)cc1. The fourth-order valence-electron chi connectivity index (χ4n) is 6.24. The van der Waals surface area contributed by atoms with Gasteiger partial charge in [-0.1, -0.05) is 142 Å². The van der Waals surface area contributed by atoms with E-state index in [1.807, 2.05) is 42.5 Å². The molecule has 0 spiro atoms. The number of hydrogen-bond donors (Lipinski definition) is 0. The van der Waals surface area contributed by atoms with Gasteiger partial charge in [0.25, 0.3) is 0 Å². The number of anilines is 3. The molecule has 0 aliphatic rings. The van der Waals surface area contributed by atoms with Gasteiger partial charge < -0.3 is 4.90 Å². The lowest BCUT2D eigenvalue weighted by atomic mass is 9.79. The highest BCUT2D eigenvalue weighted by Crippen LogP contribution is 2.40. The van der Waals surface area contributed by atoms with Gasteiger partial charge in [-0.2, -0.15) is 0 Å². The van der Waals surface area contributed by atoms with Gasteiger partial charge in [0, 0.05) is 17.1 Å². The van der Waals surface area contributed by atoms with Crippen LogP contribution in [0.15, 0.2) is 146 Å². The van der Waals surface area contributed by atoms with E-state index >= 15 is 0 Å². The summed E-state index contributed by atoms with van der Waals surface area (Å²) >= 11 is 0. The average Bonchev–Trinajstić information content (AvgIpc) is 3.07. The number of fused-ring (bicyclic) bond motifs is 3. The van der Waals surface area contributed by atoms with Crippen LogP contribution in [0.2, 0.25) is 0 Å². The van der Waals surface area contributed by atoms with Gasteiger partial charge in [0.2, 0.25) is 0 Å². The Morgan fingerprint density at radius 2 is 1.00 bits per heavy atom. The minimum atomic E-state index is -0.0844. The molecule has 0 aromatic heterocycles. The van der Waals surface area contributed by atoms with Gasteiger partial charge in [-0.15, -0.1) is 0 Å². The van der Waals surface area contributed by atoms with Crippen LogP contribution < -0.4 is 4.90 Å². The second kappa shape index (κ2) is 10.9. The van der Waals surface area contributed by atoms with E-state index in [9.17, 15) is 2.74 Å². The van der Waals surface area contributed by atoms with Crippen molar-refractivity contribution in [3.8, 4) is 0 Å². The highest BCUT2D eigenvalue weighted by molar-refractivity contribution is 6.11. The zero-order chi connectivity index (χ0) is 31.1. The maximum atomic E-state index is 9.41. The third-order valence-corrected chi connectivity index (χ3v) is 8.14. The van der Waals surface area contributed by atoms with Crippen molar-refractivity contribution in [1.29, 1.82) is 0 Å². The fourth-order valence-corrected chi connectivity index (χ4v) is 6.24. The number of rotatable bonds is 5. The van der Waals surface area contributed by atoms with Crippen LogP contribution in [0.25, 0.3) is 44.4 Å². The molecule has 0 bridgehead atoms. The Kier molecular flexibility index (Phi) is 6.22. The first-order valence-corrected chi connectivity index (χ1v) is 14.9. The Balaban J connectivity index is 1.36. The van der Waals surface area contributed by atoms with Crippen molar-refractivity contribution in [2.45, 2.75) is 26.2 Å². The number of para-hydroxylation sites is 1. The molecular formula is C42H35N. The van der Waals surface area contributed by atoms with E-state index in [2.05, 4.69) is 129 Å². The fraction of sp³-hybridized carbons (Fsp3) is 0.0952. The molecule has 0 amide bonds. The van der Waals surface area contributed by atoms with E-state index in [0.717, 1.165) is 44.2 Å². The van der Waals surface area contributed by atoms with E-state index in [1.54, 1.807) is 0 Å². The van der Waals surface area contributed by atoms with Gasteiger partial charge in [-0.05, 0) is 90.8 Å². The van der Waals surface area contributed by atoms with Crippen molar-refractivity contribution in [1.82, 2.24) is 0 Å². The molecule has 0 saturated heterocycles. The van der Waals surface area contributed by atoms with Crippen molar-refractivity contribution in [2.75, 3.05) is 4.90 Å². The van der Waals surface area contributed by atoms with Crippen molar-refractivity contribution >= 4 is 61.5 Å². The summed E-state index contributed by atoms with van der Waals surface area (Å²) in [6, 6.07) is 50.4. The quantitative estimate of drug-likeness (QED) is 0.151. The molecule has 1 nitrogen and oxygen atoms in total. The van der Waals surface area contributed by atoms with Gasteiger partial charge in [-0.3, -0.25) is 0 Å². The molecule has 0 atom stereocenters. The van der Waals surface area contributed by atoms with Crippen molar-refractivity contribution < 1.29 is 2.74 Å². The van der Waals surface area contributed by atoms with E-state index in [4.69, 9.17) is 0 Å². The molecule has 1 heteroatoms. The highest BCUT2D eigenvalue weighted by atomic mass is 15.1. The molecule has 7 aromatic rings. The molecule has 43 heavy (non-hydrogen) atoms. The van der Waals surface area contributed by atoms with Crippen LogP contribution in [-0.4, -0.2) is 0 Å². The van der Waals surface area contributed by atoms with Crippen LogP contribution >= 0.6 is 0 Å². The normalized spacial score (nSPS) is 13.1. The lowest BCUT2D eigenvalue weighted by Gasteiger charge is -2.26. The molecule has 208 valence electrons. The minimum Gasteiger partial charge on any atom is -0.310 e. The topological polar surface area (TPSA) is 3.24 Å². The first kappa shape index (κ1) is 24.5. The first-order valence-electron chi connectivity index (χ1n) is 15.9. The molecule has 0 fully saturated rings. The zero-order valence-corrected chi connectivity index (χ0v) is 24.8. The third-order valence-electron chi connectivity index (χ3n) is 8.14. The van der Waals surface area contributed by atoms with E-state index in [0.29, 0.717) is 5.56 Å². The Labute approximate surface area is 257 Å². The molecule has 0 saturated carbocycles. The summed E-state index contributed by atoms with van der Waals surface area (Å²) in [5, 5.41) is 6.69. The predicted octanol–water partition coefficient (Wildman–Crippen LogP) is 12.1. The first-order chi connectivity index (χ1) is 21.8. The third kappa shape index (κ3) is 5.08. The largest absolute Gasteiger partial charge is 0.310 e. The van der Waals surface area contributed by atoms with Gasteiger partial charge in [0.1, 0.15) is 0 Å². The summed E-state index contributed by atoms with van der Waals surface area (Å²) < 4.78 is 18.7. The van der Waals surface area contributed by atoms with Crippen LogP contribution in [0.4, 0.5) is 17.1 Å². The molecule has 0 unspecified atom stereocenters. The van der Waals surface area contributed by atoms with Gasteiger partial charge >= 0.3 is 0 Å². The standard InChI is InChI=1S/C42H35N/c1-42(2,3)41-39-19-11-9-17-36(39)38(37-18-10-12-20-40(37)41)28-23-30-21-25-34(26-22-30)43(33-15-5-4-6-16-33)35-27-24-31-13-7-8-14-32(31)29-35/h4-29H,1-3H3/b28-23+/i23D,28D. The minimum absolute atomic E-state index is 0.0844. The van der Waals surface area contributed by atoms with E-state index < -0.39 is 0 Å². The lowest BCUT2D eigenvalue weighted by Crippen LogP contribution is -2.13. The summed E-state index contributed by atoms with van der Waals surface area (Å²) in [4.78, 5) is 2.23. The van der Waals surface area contributed by atoms with Gasteiger partial charge in [0.15, 0.2) is 0 Å². The Morgan fingerprint density at radius 1 is 0.488 bits per heavy atom. The number of benzene rings is 7. The molecule has 0 heterocycles. The van der Waals surface area contributed by atoms with Crippen LogP contribution in [0.1, 0.15) is 40.2 Å². The molecule has 0 aliphatic carbocycles. The molecule has 0 N–H and O–H groups in total. The highest BCUT2D eigenvalue weighted by Gasteiger charge is 2.22. The smallest absolute Gasteiger partial charge is 0.0630 e. The predicted molar refractivity (Wildman–Crippen MR) is 188 cm³/mol. The number of hydrogen-bond acceptors (Lipinski definition) is 1. The second-order valence-electron chi connectivity index (χ2n) is 12.1. The molecule has 0 radical (unpaired) electrons. The van der Waals surface area contributed by atoms with Gasteiger partial charge in [-0.25, -0.2) is 0 Å². The average molecular weight is 556 g/mol. The summed E-state index contributed by atoms with van der Waals surface area (Å²) in [6.45, 7) is 6.73. The summed E-state index contributed by atoms with van der Waals surface area (Å²) in [5.74, 6) is 0.